The average molecular weight is 156 g/mol. The van der Waals surface area contributed by atoms with Crippen LogP contribution < -0.4 is 0 Å². The van der Waals surface area contributed by atoms with E-state index in [9.17, 15) is 4.79 Å². The number of ether oxygens (including phenoxy) is 1. The molecule has 1 rings (SSSR count). The summed E-state index contributed by atoms with van der Waals surface area (Å²) in [6.07, 6.45) is 4.36. The molecule has 0 N–H and O–H groups in total. The minimum atomic E-state index is -0.0152. The topological polar surface area (TPSA) is 26.3 Å². The zero-order valence-corrected chi connectivity index (χ0v) is 7.30. The fourth-order valence-electron chi connectivity index (χ4n) is 1.53. The zero-order chi connectivity index (χ0) is 8.27. The molecule has 1 aliphatic heterocycles. The van der Waals surface area contributed by atoms with E-state index in [1.807, 2.05) is 6.92 Å². The highest BCUT2D eigenvalue weighted by Crippen LogP contribution is 2.26. The van der Waals surface area contributed by atoms with Crippen molar-refractivity contribution in [3.05, 3.63) is 0 Å². The summed E-state index contributed by atoms with van der Waals surface area (Å²) in [5, 5.41) is 0. The van der Waals surface area contributed by atoms with Crippen LogP contribution in [0.15, 0.2) is 0 Å². The predicted molar refractivity (Wildman–Crippen MR) is 43.2 cm³/mol. The van der Waals surface area contributed by atoms with Crippen molar-refractivity contribution in [2.24, 2.45) is 5.92 Å². The summed E-state index contributed by atoms with van der Waals surface area (Å²) in [6, 6.07) is 0. The molecule has 1 saturated heterocycles. The Kier molecular flexibility index (Phi) is 2.92. The van der Waals surface area contributed by atoms with Crippen molar-refractivity contribution in [2.45, 2.75) is 45.6 Å². The Morgan fingerprint density at radius 1 is 1.64 bits per heavy atom. The first-order valence-corrected chi connectivity index (χ1v) is 4.43. The number of hydrogen-bond acceptors (Lipinski definition) is 2. The summed E-state index contributed by atoms with van der Waals surface area (Å²) in [5.74, 6) is 0.473. The molecule has 0 aliphatic carbocycles. The van der Waals surface area contributed by atoms with Gasteiger partial charge in [-0.15, -0.1) is 0 Å². The van der Waals surface area contributed by atoms with E-state index in [2.05, 4.69) is 6.92 Å². The van der Waals surface area contributed by atoms with Gasteiger partial charge in [0.1, 0.15) is 6.10 Å². The van der Waals surface area contributed by atoms with Crippen LogP contribution in [0.1, 0.15) is 39.5 Å². The number of carbonyl (C=O) groups is 1. The number of esters is 1. The first-order chi connectivity index (χ1) is 5.24. The lowest BCUT2D eigenvalue weighted by molar-refractivity contribution is -0.140. The molecule has 2 heteroatoms. The van der Waals surface area contributed by atoms with E-state index in [1.165, 1.54) is 12.8 Å². The molecule has 0 aromatic carbocycles. The number of unbranched alkanes of at least 4 members (excludes halogenated alkanes) is 1. The van der Waals surface area contributed by atoms with Crippen LogP contribution in [-0.4, -0.2) is 12.1 Å². The van der Waals surface area contributed by atoms with Crippen molar-refractivity contribution in [1.82, 2.24) is 0 Å². The maximum atomic E-state index is 10.8. The van der Waals surface area contributed by atoms with Gasteiger partial charge in [-0.05, 0) is 13.3 Å². The molecule has 11 heavy (non-hydrogen) atoms. The standard InChI is InChI=1S/C9H16O2/c1-3-4-5-8-6-9(10)11-7(8)2/h7-8H,3-6H2,1-2H3/t7-,8+/m0/s1. The van der Waals surface area contributed by atoms with Crippen molar-refractivity contribution < 1.29 is 9.53 Å². The molecular formula is C9H16O2. The van der Waals surface area contributed by atoms with Crippen molar-refractivity contribution in [3.63, 3.8) is 0 Å². The lowest BCUT2D eigenvalue weighted by Crippen LogP contribution is -2.10. The molecule has 2 atom stereocenters. The van der Waals surface area contributed by atoms with E-state index in [4.69, 9.17) is 4.74 Å². The lowest BCUT2D eigenvalue weighted by atomic mass is 9.96. The molecule has 0 amide bonds. The Labute approximate surface area is 67.9 Å². The maximum absolute atomic E-state index is 10.8. The van der Waals surface area contributed by atoms with Crippen LogP contribution in [0.2, 0.25) is 0 Å². The molecule has 0 aromatic heterocycles. The van der Waals surface area contributed by atoms with Crippen LogP contribution in [0.3, 0.4) is 0 Å². The summed E-state index contributed by atoms with van der Waals surface area (Å²) >= 11 is 0. The second kappa shape index (κ2) is 3.74. The second-order valence-electron chi connectivity index (χ2n) is 3.30. The molecule has 0 saturated carbocycles. The van der Waals surface area contributed by atoms with E-state index >= 15 is 0 Å². The maximum Gasteiger partial charge on any atom is 0.306 e. The van der Waals surface area contributed by atoms with Crippen LogP contribution in [0, 0.1) is 5.92 Å². The van der Waals surface area contributed by atoms with Gasteiger partial charge in [0.2, 0.25) is 0 Å². The van der Waals surface area contributed by atoms with Crippen molar-refractivity contribution >= 4 is 5.97 Å². The largest absolute Gasteiger partial charge is 0.462 e. The van der Waals surface area contributed by atoms with Gasteiger partial charge in [-0.25, -0.2) is 0 Å². The summed E-state index contributed by atoms with van der Waals surface area (Å²) < 4.78 is 5.03. The van der Waals surface area contributed by atoms with Gasteiger partial charge in [0, 0.05) is 5.92 Å². The third-order valence-corrected chi connectivity index (χ3v) is 2.34. The van der Waals surface area contributed by atoms with Crippen LogP contribution in [0.25, 0.3) is 0 Å². The third kappa shape index (κ3) is 2.21. The number of cyclic esters (lactones) is 1. The molecule has 0 unspecified atom stereocenters. The first-order valence-electron chi connectivity index (χ1n) is 4.43. The highest BCUT2D eigenvalue weighted by atomic mass is 16.5. The lowest BCUT2D eigenvalue weighted by Gasteiger charge is -2.10. The Morgan fingerprint density at radius 2 is 2.36 bits per heavy atom. The van der Waals surface area contributed by atoms with E-state index in [-0.39, 0.29) is 12.1 Å². The Morgan fingerprint density at radius 3 is 2.82 bits per heavy atom. The second-order valence-corrected chi connectivity index (χ2v) is 3.30. The van der Waals surface area contributed by atoms with Gasteiger partial charge < -0.3 is 4.74 Å². The van der Waals surface area contributed by atoms with Crippen LogP contribution in [-0.2, 0) is 9.53 Å². The quantitative estimate of drug-likeness (QED) is 0.585. The molecule has 64 valence electrons. The van der Waals surface area contributed by atoms with Crippen molar-refractivity contribution in [2.75, 3.05) is 0 Å². The van der Waals surface area contributed by atoms with Gasteiger partial charge in [-0.3, -0.25) is 4.79 Å². The zero-order valence-electron chi connectivity index (χ0n) is 7.30. The monoisotopic (exact) mass is 156 g/mol. The normalized spacial score (nSPS) is 30.5. The predicted octanol–water partition coefficient (Wildman–Crippen LogP) is 2.13. The van der Waals surface area contributed by atoms with Gasteiger partial charge in [0.05, 0.1) is 6.42 Å². The fourth-order valence-corrected chi connectivity index (χ4v) is 1.53. The number of rotatable bonds is 3. The molecule has 1 heterocycles. The van der Waals surface area contributed by atoms with Crippen LogP contribution >= 0.6 is 0 Å². The summed E-state index contributed by atoms with van der Waals surface area (Å²) in [7, 11) is 0. The van der Waals surface area contributed by atoms with Gasteiger partial charge in [-0.2, -0.15) is 0 Å². The van der Waals surface area contributed by atoms with E-state index in [0.29, 0.717) is 12.3 Å². The summed E-state index contributed by atoms with van der Waals surface area (Å²) in [6.45, 7) is 4.16. The Bertz CT molecular complexity index is 142. The minimum absolute atomic E-state index is 0.0152. The molecule has 0 spiro atoms. The van der Waals surface area contributed by atoms with E-state index in [0.717, 1.165) is 6.42 Å². The molecule has 2 nitrogen and oxygen atoms in total. The molecule has 0 bridgehead atoms. The van der Waals surface area contributed by atoms with E-state index < -0.39 is 0 Å². The number of hydrogen-bond donors (Lipinski definition) is 0. The van der Waals surface area contributed by atoms with Crippen LogP contribution in [0.4, 0.5) is 0 Å². The van der Waals surface area contributed by atoms with Crippen molar-refractivity contribution in [1.29, 1.82) is 0 Å². The van der Waals surface area contributed by atoms with Gasteiger partial charge in [-0.1, -0.05) is 19.8 Å². The molecule has 1 fully saturated rings. The Hall–Kier alpha value is -0.530. The molecule has 1 aliphatic rings. The van der Waals surface area contributed by atoms with Gasteiger partial charge >= 0.3 is 5.97 Å². The molecule has 0 aromatic rings. The molecule has 0 radical (unpaired) electrons. The van der Waals surface area contributed by atoms with Gasteiger partial charge in [0.15, 0.2) is 0 Å². The highest BCUT2D eigenvalue weighted by Gasteiger charge is 2.30. The average Bonchev–Trinajstić information content (AvgIpc) is 2.26. The first kappa shape index (κ1) is 8.57. The smallest absolute Gasteiger partial charge is 0.306 e. The highest BCUT2D eigenvalue weighted by molar-refractivity contribution is 5.71. The number of carbonyl (C=O) groups excluding carboxylic acids is 1. The third-order valence-electron chi connectivity index (χ3n) is 2.34. The molecular weight excluding hydrogens is 140 g/mol. The van der Waals surface area contributed by atoms with Gasteiger partial charge in [0.25, 0.3) is 0 Å². The van der Waals surface area contributed by atoms with Crippen molar-refractivity contribution in [3.8, 4) is 0 Å². The fraction of sp³-hybridized carbons (Fsp3) is 0.889. The van der Waals surface area contributed by atoms with E-state index in [1.54, 1.807) is 0 Å². The SMILES string of the molecule is CCCC[C@@H]1CC(=O)O[C@H]1C. The Balaban J connectivity index is 2.28. The minimum Gasteiger partial charge on any atom is -0.462 e. The summed E-state index contributed by atoms with van der Waals surface area (Å²) in [4.78, 5) is 10.8. The van der Waals surface area contributed by atoms with Crippen LogP contribution in [0.5, 0.6) is 0 Å². The summed E-state index contributed by atoms with van der Waals surface area (Å²) in [5.41, 5.74) is 0.